The number of aromatic nitrogens is 2. The van der Waals surface area contributed by atoms with Crippen LogP contribution in [0, 0.1) is 13.8 Å². The normalized spacial score (nSPS) is 12.9. The predicted molar refractivity (Wildman–Crippen MR) is 112 cm³/mol. The zero-order valence-electron chi connectivity index (χ0n) is 17.2. The summed E-state index contributed by atoms with van der Waals surface area (Å²) in [6.45, 7) is 10.5. The maximum absolute atomic E-state index is 12.6. The maximum Gasteiger partial charge on any atom is 0.274 e. The van der Waals surface area contributed by atoms with Gasteiger partial charge in [-0.1, -0.05) is 51.1 Å². The molecule has 0 bridgehead atoms. The van der Waals surface area contributed by atoms with E-state index in [4.69, 9.17) is 4.74 Å². The van der Waals surface area contributed by atoms with Crippen molar-refractivity contribution >= 4 is 10.8 Å². The lowest BCUT2D eigenvalue weighted by Gasteiger charge is -2.21. The Labute approximate surface area is 165 Å². The van der Waals surface area contributed by atoms with Crippen LogP contribution in [0.2, 0.25) is 0 Å². The summed E-state index contributed by atoms with van der Waals surface area (Å²) in [6, 6.07) is 13.5. The molecule has 0 unspecified atom stereocenters. The zero-order chi connectivity index (χ0) is 20.5. The summed E-state index contributed by atoms with van der Waals surface area (Å²) >= 11 is 0. The average molecular weight is 380 g/mol. The molecule has 2 aromatic carbocycles. The van der Waals surface area contributed by atoms with Crippen molar-refractivity contribution in [3.8, 4) is 5.75 Å². The molecule has 5 nitrogen and oxygen atoms in total. The molecule has 148 valence electrons. The van der Waals surface area contributed by atoms with E-state index in [1.165, 1.54) is 10.2 Å². The molecule has 3 rings (SSSR count). The standard InChI is InChI=1S/C23H28N2O3/c1-15-12-17(23(3,4)5)10-11-21(15)28-14-18(26)13-25-22(27)20-9-7-6-8-19(20)16(2)24-25/h6-12,18,26H,13-14H2,1-5H3/t18-/m0/s1. The summed E-state index contributed by atoms with van der Waals surface area (Å²) in [6.07, 6.45) is -0.840. The van der Waals surface area contributed by atoms with Gasteiger partial charge in [0.2, 0.25) is 0 Å². The number of aliphatic hydroxyl groups is 1. The third-order valence-corrected chi connectivity index (χ3v) is 4.91. The van der Waals surface area contributed by atoms with Gasteiger partial charge in [-0.3, -0.25) is 4.79 Å². The topological polar surface area (TPSA) is 64.3 Å². The van der Waals surface area contributed by atoms with Crippen LogP contribution in [0.4, 0.5) is 0 Å². The molecule has 0 amide bonds. The fourth-order valence-electron chi connectivity index (χ4n) is 3.24. The van der Waals surface area contributed by atoms with Crippen LogP contribution in [0.1, 0.15) is 37.6 Å². The Bertz CT molecular complexity index is 1050. The second-order valence-corrected chi connectivity index (χ2v) is 8.31. The number of benzene rings is 2. The van der Waals surface area contributed by atoms with Crippen LogP contribution in [0.3, 0.4) is 0 Å². The highest BCUT2D eigenvalue weighted by Gasteiger charge is 2.16. The van der Waals surface area contributed by atoms with Crippen LogP contribution < -0.4 is 10.3 Å². The first-order chi connectivity index (χ1) is 13.2. The molecule has 0 aliphatic carbocycles. The maximum atomic E-state index is 12.6. The number of aliphatic hydroxyl groups excluding tert-OH is 1. The zero-order valence-corrected chi connectivity index (χ0v) is 17.2. The first-order valence-electron chi connectivity index (χ1n) is 9.55. The highest BCUT2D eigenvalue weighted by Crippen LogP contribution is 2.27. The lowest BCUT2D eigenvalue weighted by atomic mass is 9.86. The van der Waals surface area contributed by atoms with Crippen LogP contribution in [-0.2, 0) is 12.0 Å². The summed E-state index contributed by atoms with van der Waals surface area (Å²) < 4.78 is 7.12. The van der Waals surface area contributed by atoms with Crippen LogP contribution in [0.25, 0.3) is 10.8 Å². The Morgan fingerprint density at radius 3 is 2.43 bits per heavy atom. The number of ether oxygens (including phenoxy) is 1. The van der Waals surface area contributed by atoms with E-state index in [2.05, 4.69) is 31.9 Å². The van der Waals surface area contributed by atoms with Gasteiger partial charge in [-0.25, -0.2) is 4.68 Å². The molecule has 1 N–H and O–H groups in total. The molecule has 0 radical (unpaired) electrons. The molecule has 1 atom stereocenters. The highest BCUT2D eigenvalue weighted by molar-refractivity contribution is 5.83. The van der Waals surface area contributed by atoms with E-state index in [0.717, 1.165) is 22.4 Å². The van der Waals surface area contributed by atoms with Crippen molar-refractivity contribution in [1.29, 1.82) is 0 Å². The van der Waals surface area contributed by atoms with Gasteiger partial charge in [0.05, 0.1) is 17.6 Å². The number of fused-ring (bicyclic) bond motifs is 1. The number of hydrogen-bond acceptors (Lipinski definition) is 4. The van der Waals surface area contributed by atoms with E-state index in [1.54, 1.807) is 6.07 Å². The molecule has 0 spiro atoms. The Balaban J connectivity index is 1.72. The van der Waals surface area contributed by atoms with E-state index in [-0.39, 0.29) is 24.1 Å². The summed E-state index contributed by atoms with van der Waals surface area (Å²) in [7, 11) is 0. The van der Waals surface area contributed by atoms with Gasteiger partial charge >= 0.3 is 0 Å². The number of nitrogens with zero attached hydrogens (tertiary/aromatic N) is 2. The Morgan fingerprint density at radius 2 is 1.79 bits per heavy atom. The molecule has 0 fully saturated rings. The fourth-order valence-corrected chi connectivity index (χ4v) is 3.24. The summed E-state index contributed by atoms with van der Waals surface area (Å²) in [5, 5.41) is 16.2. The highest BCUT2D eigenvalue weighted by atomic mass is 16.5. The van der Waals surface area contributed by atoms with Crippen molar-refractivity contribution in [2.75, 3.05) is 6.61 Å². The molecule has 28 heavy (non-hydrogen) atoms. The second-order valence-electron chi connectivity index (χ2n) is 8.31. The minimum atomic E-state index is -0.840. The fraction of sp³-hybridized carbons (Fsp3) is 0.391. The number of hydrogen-bond donors (Lipinski definition) is 1. The van der Waals surface area contributed by atoms with Gasteiger partial charge in [0.1, 0.15) is 18.5 Å². The number of rotatable bonds is 5. The summed E-state index contributed by atoms with van der Waals surface area (Å²) in [5.41, 5.74) is 2.89. The van der Waals surface area contributed by atoms with Gasteiger partial charge in [0.15, 0.2) is 0 Å². The van der Waals surface area contributed by atoms with Crippen molar-refractivity contribution in [3.63, 3.8) is 0 Å². The van der Waals surface area contributed by atoms with Crippen molar-refractivity contribution in [3.05, 3.63) is 69.6 Å². The lowest BCUT2D eigenvalue weighted by Crippen LogP contribution is -2.32. The first kappa shape index (κ1) is 20.1. The van der Waals surface area contributed by atoms with E-state index in [1.807, 2.05) is 44.2 Å². The lowest BCUT2D eigenvalue weighted by molar-refractivity contribution is 0.0877. The van der Waals surface area contributed by atoms with E-state index in [9.17, 15) is 9.90 Å². The quantitative estimate of drug-likeness (QED) is 0.732. The van der Waals surface area contributed by atoms with E-state index >= 15 is 0 Å². The molecule has 3 aromatic rings. The Morgan fingerprint density at radius 1 is 1.11 bits per heavy atom. The molecular formula is C23H28N2O3. The Kier molecular flexibility index (Phi) is 5.57. The largest absolute Gasteiger partial charge is 0.491 e. The van der Waals surface area contributed by atoms with Crippen molar-refractivity contribution in [2.45, 2.75) is 52.7 Å². The molecule has 1 heterocycles. The molecule has 0 aliphatic heterocycles. The monoisotopic (exact) mass is 380 g/mol. The Hall–Kier alpha value is -2.66. The predicted octanol–water partition coefficient (Wildman–Crippen LogP) is 3.75. The van der Waals surface area contributed by atoms with Crippen LogP contribution >= 0.6 is 0 Å². The van der Waals surface area contributed by atoms with Gasteiger partial charge in [-0.05, 0) is 42.5 Å². The average Bonchev–Trinajstić information content (AvgIpc) is 2.64. The SMILES string of the molecule is Cc1cc(C(C)(C)C)ccc1OC[C@@H](O)Cn1nc(C)c2ccccc2c1=O. The molecule has 0 saturated heterocycles. The summed E-state index contributed by atoms with van der Waals surface area (Å²) in [4.78, 5) is 12.6. The third-order valence-electron chi connectivity index (χ3n) is 4.91. The van der Waals surface area contributed by atoms with Crippen LogP contribution in [-0.4, -0.2) is 27.6 Å². The smallest absolute Gasteiger partial charge is 0.274 e. The minimum absolute atomic E-state index is 0.0730. The molecule has 5 heteroatoms. The van der Waals surface area contributed by atoms with Crippen molar-refractivity contribution in [2.24, 2.45) is 0 Å². The number of aryl methyl sites for hydroxylation is 2. The minimum Gasteiger partial charge on any atom is -0.491 e. The second kappa shape index (κ2) is 7.76. The molecule has 0 aliphatic rings. The van der Waals surface area contributed by atoms with E-state index < -0.39 is 6.10 Å². The van der Waals surface area contributed by atoms with Crippen molar-refractivity contribution in [1.82, 2.24) is 9.78 Å². The van der Waals surface area contributed by atoms with Gasteiger partial charge < -0.3 is 9.84 Å². The third kappa shape index (κ3) is 4.25. The molecular weight excluding hydrogens is 352 g/mol. The summed E-state index contributed by atoms with van der Waals surface area (Å²) in [5.74, 6) is 0.738. The van der Waals surface area contributed by atoms with Crippen LogP contribution in [0.5, 0.6) is 5.75 Å². The first-order valence-corrected chi connectivity index (χ1v) is 9.55. The molecule has 0 saturated carbocycles. The van der Waals surface area contributed by atoms with Gasteiger partial charge in [0.25, 0.3) is 5.56 Å². The van der Waals surface area contributed by atoms with Gasteiger partial charge in [0, 0.05) is 5.39 Å². The van der Waals surface area contributed by atoms with Crippen LogP contribution in [0.15, 0.2) is 47.3 Å². The van der Waals surface area contributed by atoms with Crippen molar-refractivity contribution < 1.29 is 9.84 Å². The van der Waals surface area contributed by atoms with E-state index in [0.29, 0.717) is 5.39 Å². The van der Waals surface area contributed by atoms with Gasteiger partial charge in [-0.15, -0.1) is 0 Å². The molecule has 1 aromatic heterocycles. The van der Waals surface area contributed by atoms with Gasteiger partial charge in [-0.2, -0.15) is 5.10 Å².